The molecular formula is C13H15N. The van der Waals surface area contributed by atoms with Gasteiger partial charge < -0.3 is 4.90 Å². The van der Waals surface area contributed by atoms with Gasteiger partial charge in [0.25, 0.3) is 0 Å². The molecule has 0 spiro atoms. The number of nitrogens with zero attached hydrogens (tertiary/aromatic N) is 1. The normalized spacial score (nSPS) is 14.3. The third-order valence-corrected chi connectivity index (χ3v) is 2.81. The van der Waals surface area contributed by atoms with E-state index < -0.39 is 0 Å². The second-order valence-corrected chi connectivity index (χ2v) is 4.02. The molecule has 1 heterocycles. The maximum atomic E-state index is 5.40. The molecule has 0 fully saturated rings. The predicted octanol–water partition coefficient (Wildman–Crippen LogP) is 2.44. The first-order chi connectivity index (χ1) is 6.72. The summed E-state index contributed by atoms with van der Waals surface area (Å²) < 4.78 is 0. The number of hydrogen-bond donors (Lipinski definition) is 0. The number of terminal acetylenes is 1. The van der Waals surface area contributed by atoms with Crippen molar-refractivity contribution in [1.29, 1.82) is 0 Å². The van der Waals surface area contributed by atoms with Crippen LogP contribution >= 0.6 is 0 Å². The van der Waals surface area contributed by atoms with Crippen molar-refractivity contribution in [1.82, 2.24) is 0 Å². The molecule has 1 aliphatic rings. The lowest BCUT2D eigenvalue weighted by Crippen LogP contribution is -2.28. The average molecular weight is 185 g/mol. The lowest BCUT2D eigenvalue weighted by molar-refractivity contribution is 0.710. The molecule has 14 heavy (non-hydrogen) atoms. The van der Waals surface area contributed by atoms with Crippen LogP contribution in [0.1, 0.15) is 25.0 Å². The van der Waals surface area contributed by atoms with E-state index in [2.05, 4.69) is 36.8 Å². The van der Waals surface area contributed by atoms with Crippen molar-refractivity contribution < 1.29 is 0 Å². The van der Waals surface area contributed by atoms with E-state index in [1.807, 2.05) is 6.07 Å². The van der Waals surface area contributed by atoms with Crippen molar-refractivity contribution in [2.75, 3.05) is 11.4 Å². The zero-order valence-electron chi connectivity index (χ0n) is 8.75. The fourth-order valence-corrected chi connectivity index (χ4v) is 2.03. The molecule has 0 aliphatic carbocycles. The highest BCUT2D eigenvalue weighted by Gasteiger charge is 2.20. The Labute approximate surface area is 85.7 Å². The molecule has 0 radical (unpaired) electrons. The van der Waals surface area contributed by atoms with Crippen molar-refractivity contribution in [3.63, 3.8) is 0 Å². The molecule has 0 N–H and O–H groups in total. The summed E-state index contributed by atoms with van der Waals surface area (Å²) in [5, 5.41) is 0. The van der Waals surface area contributed by atoms with Gasteiger partial charge in [0.2, 0.25) is 0 Å². The Morgan fingerprint density at radius 1 is 1.43 bits per heavy atom. The van der Waals surface area contributed by atoms with Gasteiger partial charge in [-0.3, -0.25) is 0 Å². The average Bonchev–Trinajstić information content (AvgIpc) is 2.59. The predicted molar refractivity (Wildman–Crippen MR) is 60.6 cm³/mol. The summed E-state index contributed by atoms with van der Waals surface area (Å²) >= 11 is 0. The van der Waals surface area contributed by atoms with Gasteiger partial charge in [0.1, 0.15) is 0 Å². The fourth-order valence-electron chi connectivity index (χ4n) is 2.03. The van der Waals surface area contributed by atoms with Gasteiger partial charge in [-0.1, -0.05) is 12.0 Å². The largest absolute Gasteiger partial charge is 0.369 e. The Kier molecular flexibility index (Phi) is 2.21. The highest BCUT2D eigenvalue weighted by molar-refractivity contribution is 5.62. The van der Waals surface area contributed by atoms with E-state index in [9.17, 15) is 0 Å². The maximum absolute atomic E-state index is 5.40. The number of rotatable bonds is 1. The summed E-state index contributed by atoms with van der Waals surface area (Å²) in [5.74, 6) is 2.69. The Hall–Kier alpha value is -1.42. The van der Waals surface area contributed by atoms with Crippen LogP contribution in [0.25, 0.3) is 0 Å². The van der Waals surface area contributed by atoms with E-state index >= 15 is 0 Å². The van der Waals surface area contributed by atoms with Crippen LogP contribution in [0.2, 0.25) is 0 Å². The minimum absolute atomic E-state index is 0.560. The molecule has 1 aromatic rings. The molecule has 1 heteroatoms. The van der Waals surface area contributed by atoms with Crippen molar-refractivity contribution >= 4 is 5.69 Å². The first kappa shape index (κ1) is 9.15. The molecule has 1 aromatic carbocycles. The standard InChI is InChI=1S/C13H15N/c1-4-11-5-6-12-7-8-14(10(2)3)13(12)9-11/h1,5-6,9-10H,7-8H2,2-3H3. The van der Waals surface area contributed by atoms with Crippen molar-refractivity contribution in [3.05, 3.63) is 29.3 Å². The van der Waals surface area contributed by atoms with Crippen molar-refractivity contribution in [3.8, 4) is 12.3 Å². The van der Waals surface area contributed by atoms with Crippen LogP contribution in [0.4, 0.5) is 5.69 Å². The number of anilines is 1. The SMILES string of the molecule is C#Cc1ccc2c(c1)N(C(C)C)CC2. The summed E-state index contributed by atoms with van der Waals surface area (Å²) in [7, 11) is 0. The van der Waals surface area contributed by atoms with Crippen LogP contribution in [-0.2, 0) is 6.42 Å². The minimum Gasteiger partial charge on any atom is -0.369 e. The second kappa shape index (κ2) is 3.38. The topological polar surface area (TPSA) is 3.24 Å². The van der Waals surface area contributed by atoms with Gasteiger partial charge in [-0.05, 0) is 38.0 Å². The molecule has 0 bridgehead atoms. The van der Waals surface area contributed by atoms with Crippen molar-refractivity contribution in [2.24, 2.45) is 0 Å². The summed E-state index contributed by atoms with van der Waals surface area (Å²) in [4.78, 5) is 2.41. The van der Waals surface area contributed by atoms with Crippen LogP contribution in [0.3, 0.4) is 0 Å². The number of benzene rings is 1. The molecule has 0 amide bonds. The second-order valence-electron chi connectivity index (χ2n) is 4.02. The zero-order valence-corrected chi connectivity index (χ0v) is 8.75. The van der Waals surface area contributed by atoms with Crippen LogP contribution in [0.15, 0.2) is 18.2 Å². The molecule has 72 valence electrons. The van der Waals surface area contributed by atoms with Crippen LogP contribution < -0.4 is 4.90 Å². The molecule has 0 unspecified atom stereocenters. The number of fused-ring (bicyclic) bond motifs is 1. The van der Waals surface area contributed by atoms with E-state index in [-0.39, 0.29) is 0 Å². The first-order valence-electron chi connectivity index (χ1n) is 5.08. The molecule has 0 aromatic heterocycles. The Balaban J connectivity index is 2.43. The molecule has 1 aliphatic heterocycles. The molecule has 0 saturated heterocycles. The summed E-state index contributed by atoms with van der Waals surface area (Å²) in [6, 6.07) is 6.88. The number of hydrogen-bond acceptors (Lipinski definition) is 1. The third kappa shape index (κ3) is 1.37. The van der Waals surface area contributed by atoms with Crippen LogP contribution in [0.5, 0.6) is 0 Å². The quantitative estimate of drug-likeness (QED) is 0.607. The van der Waals surface area contributed by atoms with Gasteiger partial charge in [-0.2, -0.15) is 0 Å². The first-order valence-corrected chi connectivity index (χ1v) is 5.08. The summed E-state index contributed by atoms with van der Waals surface area (Å²) in [5.41, 5.74) is 3.74. The van der Waals surface area contributed by atoms with E-state index in [0.717, 1.165) is 18.5 Å². The highest BCUT2D eigenvalue weighted by Crippen LogP contribution is 2.30. The summed E-state index contributed by atoms with van der Waals surface area (Å²) in [6.45, 7) is 5.57. The lowest BCUT2D eigenvalue weighted by atomic mass is 10.1. The van der Waals surface area contributed by atoms with Gasteiger partial charge in [-0.25, -0.2) is 0 Å². The molecule has 1 nitrogen and oxygen atoms in total. The van der Waals surface area contributed by atoms with Gasteiger partial charge >= 0.3 is 0 Å². The van der Waals surface area contributed by atoms with E-state index in [4.69, 9.17) is 6.42 Å². The van der Waals surface area contributed by atoms with Gasteiger partial charge in [0.05, 0.1) is 0 Å². The van der Waals surface area contributed by atoms with E-state index in [1.54, 1.807) is 0 Å². The van der Waals surface area contributed by atoms with Gasteiger partial charge in [0, 0.05) is 23.8 Å². The monoisotopic (exact) mass is 185 g/mol. The Morgan fingerprint density at radius 3 is 2.86 bits per heavy atom. The fraction of sp³-hybridized carbons (Fsp3) is 0.385. The van der Waals surface area contributed by atoms with E-state index in [0.29, 0.717) is 6.04 Å². The summed E-state index contributed by atoms with van der Waals surface area (Å²) in [6.07, 6.45) is 6.55. The zero-order chi connectivity index (χ0) is 10.1. The maximum Gasteiger partial charge on any atom is 0.0414 e. The van der Waals surface area contributed by atoms with Gasteiger partial charge in [-0.15, -0.1) is 6.42 Å². The Bertz CT molecular complexity index is 385. The van der Waals surface area contributed by atoms with Crippen LogP contribution in [-0.4, -0.2) is 12.6 Å². The lowest BCUT2D eigenvalue weighted by Gasteiger charge is -2.24. The molecular weight excluding hydrogens is 170 g/mol. The molecule has 2 rings (SSSR count). The Morgan fingerprint density at radius 2 is 2.21 bits per heavy atom. The minimum atomic E-state index is 0.560. The molecule has 0 saturated carbocycles. The van der Waals surface area contributed by atoms with Crippen LogP contribution in [0, 0.1) is 12.3 Å². The third-order valence-electron chi connectivity index (χ3n) is 2.81. The van der Waals surface area contributed by atoms with E-state index in [1.165, 1.54) is 11.3 Å². The smallest absolute Gasteiger partial charge is 0.0414 e. The molecule has 0 atom stereocenters. The van der Waals surface area contributed by atoms with Gasteiger partial charge in [0.15, 0.2) is 0 Å². The highest BCUT2D eigenvalue weighted by atomic mass is 15.2. The van der Waals surface area contributed by atoms with Crippen molar-refractivity contribution in [2.45, 2.75) is 26.3 Å².